The van der Waals surface area contributed by atoms with Crippen molar-refractivity contribution in [2.24, 2.45) is 0 Å². The molecule has 0 amide bonds. The van der Waals surface area contributed by atoms with E-state index in [0.717, 1.165) is 17.2 Å². The van der Waals surface area contributed by atoms with Crippen LogP contribution in [0.15, 0.2) is 36.4 Å². The molecule has 1 atom stereocenters. The molecule has 3 aromatic rings. The number of benzene rings is 2. The lowest BCUT2D eigenvalue weighted by atomic mass is 10.0. The van der Waals surface area contributed by atoms with E-state index in [1.165, 1.54) is 48.0 Å². The van der Waals surface area contributed by atoms with E-state index in [0.29, 0.717) is 0 Å². The van der Waals surface area contributed by atoms with E-state index in [9.17, 15) is 0 Å². The minimum Gasteiger partial charge on any atom is -0.493 e. The van der Waals surface area contributed by atoms with Crippen molar-refractivity contribution >= 4 is 37.0 Å². The van der Waals surface area contributed by atoms with Crippen molar-refractivity contribution in [1.29, 1.82) is 0 Å². The third kappa shape index (κ3) is 2.69. The van der Waals surface area contributed by atoms with Gasteiger partial charge in [-0.1, -0.05) is 43.5 Å². The van der Waals surface area contributed by atoms with Crippen molar-refractivity contribution in [1.82, 2.24) is 0 Å². The molecular weight excluding hydrogens is 314 g/mol. The highest BCUT2D eigenvalue weighted by Crippen LogP contribution is 2.60. The lowest BCUT2D eigenvalue weighted by Crippen LogP contribution is -1.97. The molecule has 0 N–H and O–H groups in total. The Kier molecular flexibility index (Phi) is 5.11. The second kappa shape index (κ2) is 7.11. The first-order chi connectivity index (χ1) is 11.3. The van der Waals surface area contributed by atoms with Crippen LogP contribution in [-0.2, 0) is 0 Å². The van der Waals surface area contributed by atoms with Gasteiger partial charge in [-0.25, -0.2) is 0 Å². The molecule has 2 aromatic carbocycles. The van der Waals surface area contributed by atoms with Crippen molar-refractivity contribution in [2.45, 2.75) is 37.8 Å². The van der Waals surface area contributed by atoms with Gasteiger partial charge in [-0.2, -0.15) is 0 Å². The zero-order valence-corrected chi connectivity index (χ0v) is 15.3. The molecule has 1 fully saturated rings. The third-order valence-electron chi connectivity index (χ3n) is 5.16. The van der Waals surface area contributed by atoms with Gasteiger partial charge in [0.1, 0.15) is 0 Å². The molecule has 1 aliphatic carbocycles. The number of hydrogen-bond donors (Lipinski definition) is 0. The quantitative estimate of drug-likeness (QED) is 0.536. The third-order valence-corrected chi connectivity index (χ3v) is 8.20. The van der Waals surface area contributed by atoms with Gasteiger partial charge in [-0.05, 0) is 41.4 Å². The Morgan fingerprint density at radius 1 is 0.833 bits per heavy atom. The van der Waals surface area contributed by atoms with E-state index in [1.54, 1.807) is 19.3 Å². The van der Waals surface area contributed by atoms with E-state index in [2.05, 4.69) is 36.4 Å². The summed E-state index contributed by atoms with van der Waals surface area (Å²) < 4.78 is 11.1. The molecule has 0 spiro atoms. The van der Waals surface area contributed by atoms with Gasteiger partial charge < -0.3 is 9.47 Å². The highest BCUT2D eigenvalue weighted by atomic mass is 31.1. The Balaban J connectivity index is 0.00000169. The molecule has 1 heterocycles. The number of hydrogen-bond acceptors (Lipinski definition) is 2. The monoisotopic (exact) mass is 337 g/mol. The van der Waals surface area contributed by atoms with Crippen LogP contribution in [0.2, 0.25) is 0 Å². The molecule has 0 bridgehead atoms. The Morgan fingerprint density at radius 3 is 2.21 bits per heavy atom. The molecule has 0 saturated heterocycles. The molecule has 24 heavy (non-hydrogen) atoms. The standard InChI is InChI=1S/C20H23O2P.B/c1-21-17-12-16-15-10-6-7-11-19(15)23(14-8-4-3-5-9-14)20(16)13-18(17)22-2;/h6-7,10-14H,3-5,8-9H2,1-2H3;. The second-order valence-corrected chi connectivity index (χ2v) is 8.84. The molecule has 4 heteroatoms. The first kappa shape index (κ1) is 17.2. The molecule has 1 aromatic heterocycles. The lowest BCUT2D eigenvalue weighted by Gasteiger charge is -2.23. The largest absolute Gasteiger partial charge is 0.493 e. The fourth-order valence-corrected chi connectivity index (χ4v) is 7.39. The number of ether oxygens (including phenoxy) is 2. The van der Waals surface area contributed by atoms with Gasteiger partial charge >= 0.3 is 0 Å². The second-order valence-electron chi connectivity index (χ2n) is 6.40. The molecule has 0 aliphatic heterocycles. The van der Waals surface area contributed by atoms with E-state index >= 15 is 0 Å². The number of rotatable bonds is 3. The van der Waals surface area contributed by atoms with Crippen LogP contribution in [0, 0.1) is 0 Å². The molecule has 4 rings (SSSR count). The highest BCUT2D eigenvalue weighted by molar-refractivity contribution is 7.61. The van der Waals surface area contributed by atoms with Crippen LogP contribution in [0.3, 0.4) is 0 Å². The molecule has 1 unspecified atom stereocenters. The maximum atomic E-state index is 5.58. The van der Waals surface area contributed by atoms with Crippen LogP contribution >= 0.6 is 7.53 Å². The summed E-state index contributed by atoms with van der Waals surface area (Å²) in [6.07, 6.45) is 6.91. The summed E-state index contributed by atoms with van der Waals surface area (Å²) in [4.78, 5) is 0. The summed E-state index contributed by atoms with van der Waals surface area (Å²) in [7, 11) is 3.18. The van der Waals surface area contributed by atoms with Crippen molar-refractivity contribution in [3.05, 3.63) is 36.4 Å². The first-order valence-electron chi connectivity index (χ1n) is 8.48. The average molecular weight is 337 g/mol. The van der Waals surface area contributed by atoms with Crippen LogP contribution < -0.4 is 9.47 Å². The van der Waals surface area contributed by atoms with Gasteiger partial charge in [0.25, 0.3) is 0 Å². The normalized spacial score (nSPS) is 16.2. The van der Waals surface area contributed by atoms with E-state index < -0.39 is 0 Å². The predicted octanol–water partition coefficient (Wildman–Crippen LogP) is 6.12. The first-order valence-corrected chi connectivity index (χ1v) is 9.89. The topological polar surface area (TPSA) is 18.5 Å². The van der Waals surface area contributed by atoms with Crippen molar-refractivity contribution in [3.63, 3.8) is 0 Å². The summed E-state index contributed by atoms with van der Waals surface area (Å²) >= 11 is 0. The van der Waals surface area contributed by atoms with Gasteiger partial charge in [0.05, 0.1) is 14.2 Å². The summed E-state index contributed by atoms with van der Waals surface area (Å²) in [5.74, 6) is 1.70. The Hall–Kier alpha value is -1.60. The molecule has 1 aliphatic rings. The summed E-state index contributed by atoms with van der Waals surface area (Å²) in [6.45, 7) is 0. The van der Waals surface area contributed by atoms with Crippen LogP contribution in [0.4, 0.5) is 0 Å². The van der Waals surface area contributed by atoms with Gasteiger partial charge in [-0.15, -0.1) is 7.53 Å². The van der Waals surface area contributed by atoms with Crippen molar-refractivity contribution in [3.8, 4) is 11.5 Å². The van der Waals surface area contributed by atoms with Crippen molar-refractivity contribution < 1.29 is 9.47 Å². The van der Waals surface area contributed by atoms with Crippen LogP contribution in [0.1, 0.15) is 37.8 Å². The smallest absolute Gasteiger partial charge is 0.161 e. The maximum absolute atomic E-state index is 5.58. The van der Waals surface area contributed by atoms with Crippen LogP contribution in [-0.4, -0.2) is 22.6 Å². The zero-order chi connectivity index (χ0) is 15.8. The Bertz CT molecular complexity index is 850. The fraction of sp³-hybridized carbons (Fsp3) is 0.400. The molecule has 2 nitrogen and oxygen atoms in total. The zero-order valence-electron chi connectivity index (χ0n) is 14.4. The van der Waals surface area contributed by atoms with Crippen molar-refractivity contribution in [2.75, 3.05) is 14.2 Å². The SMILES string of the molecule is COc1cc2c3ccccc3p(C3CCCCC3)c2cc1OC.[B]. The van der Waals surface area contributed by atoms with E-state index in [4.69, 9.17) is 9.47 Å². The minimum absolute atomic E-state index is 0. The maximum Gasteiger partial charge on any atom is 0.161 e. The fourth-order valence-electron chi connectivity index (χ4n) is 4.06. The molecular formula is C20H23BO2P. The minimum atomic E-state index is -0.270. The van der Waals surface area contributed by atoms with Gasteiger partial charge in [0.15, 0.2) is 11.5 Å². The van der Waals surface area contributed by atoms with Gasteiger partial charge in [0, 0.05) is 18.6 Å². The number of fused-ring (bicyclic) bond motifs is 3. The van der Waals surface area contributed by atoms with E-state index in [1.807, 2.05) is 0 Å². The van der Waals surface area contributed by atoms with Gasteiger partial charge in [-0.3, -0.25) is 0 Å². The summed E-state index contributed by atoms with van der Waals surface area (Å²) in [5, 5.41) is 5.81. The van der Waals surface area contributed by atoms with Crippen LogP contribution in [0.5, 0.6) is 11.5 Å². The Morgan fingerprint density at radius 2 is 1.50 bits per heavy atom. The number of methoxy groups -OCH3 is 2. The van der Waals surface area contributed by atoms with Crippen LogP contribution in [0.25, 0.3) is 21.0 Å². The Labute approximate surface area is 146 Å². The predicted molar refractivity (Wildman–Crippen MR) is 105 cm³/mol. The average Bonchev–Trinajstić information content (AvgIpc) is 2.94. The van der Waals surface area contributed by atoms with Gasteiger partial charge in [0.2, 0.25) is 0 Å². The highest BCUT2D eigenvalue weighted by Gasteiger charge is 2.23. The molecule has 3 radical (unpaired) electrons. The molecule has 1 saturated carbocycles. The lowest BCUT2D eigenvalue weighted by molar-refractivity contribution is 0.356. The van der Waals surface area contributed by atoms with E-state index in [-0.39, 0.29) is 15.9 Å². The summed E-state index contributed by atoms with van der Waals surface area (Å²) in [6, 6.07) is 13.4. The summed E-state index contributed by atoms with van der Waals surface area (Å²) in [5.41, 5.74) is 0.819. The molecule has 123 valence electrons.